The zero-order valence-electron chi connectivity index (χ0n) is 9.61. The number of hydrogen-bond donors (Lipinski definition) is 3. The summed E-state index contributed by atoms with van der Waals surface area (Å²) in [6.45, 7) is 3.03. The first-order chi connectivity index (χ1) is 8.33. The summed E-state index contributed by atoms with van der Waals surface area (Å²) in [7, 11) is 0. The first kappa shape index (κ1) is 10.6. The molecule has 0 spiro atoms. The lowest BCUT2D eigenvalue weighted by molar-refractivity contribution is 0.430. The van der Waals surface area contributed by atoms with Crippen LogP contribution in [0.15, 0.2) is 36.4 Å². The van der Waals surface area contributed by atoms with Crippen LogP contribution >= 0.6 is 0 Å². The minimum atomic E-state index is 0.322. The van der Waals surface area contributed by atoms with Gasteiger partial charge in [-0.3, -0.25) is 0 Å². The number of phenolic OH excluding ortho intramolecular Hbond substituents is 1. The van der Waals surface area contributed by atoms with Gasteiger partial charge in [0.2, 0.25) is 0 Å². The molecule has 3 heteroatoms. The lowest BCUT2D eigenvalue weighted by atomic mass is 10.0. The second-order valence-corrected chi connectivity index (χ2v) is 4.50. The Bertz CT molecular complexity index is 533. The van der Waals surface area contributed by atoms with Gasteiger partial charge in [0.1, 0.15) is 5.75 Å². The number of piperazine rings is 1. The molecule has 3 nitrogen and oxygen atoms in total. The fraction of sp³-hybridized carbons (Fsp3) is 0.286. The molecule has 0 aliphatic carbocycles. The van der Waals surface area contributed by atoms with Gasteiger partial charge in [-0.15, -0.1) is 0 Å². The quantitative estimate of drug-likeness (QED) is 0.697. The molecule has 0 radical (unpaired) electrons. The maximum atomic E-state index is 9.43. The fourth-order valence-electron chi connectivity index (χ4n) is 2.36. The van der Waals surface area contributed by atoms with E-state index in [0.29, 0.717) is 11.8 Å². The molecule has 1 heterocycles. The Morgan fingerprint density at radius 3 is 2.65 bits per heavy atom. The largest absolute Gasteiger partial charge is 0.508 e. The molecule has 88 valence electrons. The number of phenols is 1. The normalized spacial score (nSPS) is 20.6. The molecule has 17 heavy (non-hydrogen) atoms. The van der Waals surface area contributed by atoms with Crippen LogP contribution in [0.2, 0.25) is 0 Å². The van der Waals surface area contributed by atoms with Gasteiger partial charge in [0, 0.05) is 25.7 Å². The van der Waals surface area contributed by atoms with Crippen molar-refractivity contribution in [2.45, 2.75) is 6.04 Å². The number of rotatable bonds is 1. The summed E-state index contributed by atoms with van der Waals surface area (Å²) in [6.07, 6.45) is 0. The van der Waals surface area contributed by atoms with Gasteiger partial charge >= 0.3 is 0 Å². The van der Waals surface area contributed by atoms with E-state index in [1.165, 1.54) is 10.9 Å². The Kier molecular flexibility index (Phi) is 2.71. The van der Waals surface area contributed by atoms with Crippen molar-refractivity contribution in [1.82, 2.24) is 10.6 Å². The van der Waals surface area contributed by atoms with Crippen LogP contribution in [0.3, 0.4) is 0 Å². The van der Waals surface area contributed by atoms with Crippen molar-refractivity contribution >= 4 is 10.8 Å². The van der Waals surface area contributed by atoms with Crippen molar-refractivity contribution in [3.63, 3.8) is 0 Å². The molecule has 1 aliphatic rings. The molecule has 2 aromatic carbocycles. The van der Waals surface area contributed by atoms with Crippen LogP contribution in [0, 0.1) is 0 Å². The molecule has 1 atom stereocenters. The fourth-order valence-corrected chi connectivity index (χ4v) is 2.36. The molecule has 2 aromatic rings. The first-order valence-electron chi connectivity index (χ1n) is 6.00. The second kappa shape index (κ2) is 4.35. The number of aromatic hydroxyl groups is 1. The average molecular weight is 228 g/mol. The lowest BCUT2D eigenvalue weighted by Crippen LogP contribution is -2.42. The summed E-state index contributed by atoms with van der Waals surface area (Å²) >= 11 is 0. The zero-order valence-corrected chi connectivity index (χ0v) is 9.61. The van der Waals surface area contributed by atoms with Crippen LogP contribution < -0.4 is 10.6 Å². The molecular weight excluding hydrogens is 212 g/mol. The highest BCUT2D eigenvalue weighted by molar-refractivity contribution is 5.84. The molecule has 3 N–H and O–H groups in total. The third-order valence-corrected chi connectivity index (χ3v) is 3.29. The van der Waals surface area contributed by atoms with Crippen molar-refractivity contribution in [3.05, 3.63) is 42.0 Å². The van der Waals surface area contributed by atoms with Crippen LogP contribution in [0.1, 0.15) is 11.6 Å². The predicted molar refractivity (Wildman–Crippen MR) is 69.2 cm³/mol. The highest BCUT2D eigenvalue weighted by atomic mass is 16.3. The minimum absolute atomic E-state index is 0.322. The lowest BCUT2D eigenvalue weighted by Gasteiger charge is -2.25. The summed E-state index contributed by atoms with van der Waals surface area (Å²) in [5.41, 5.74) is 1.30. The third-order valence-electron chi connectivity index (χ3n) is 3.29. The highest BCUT2D eigenvalue weighted by Gasteiger charge is 2.14. The Balaban J connectivity index is 1.98. The van der Waals surface area contributed by atoms with E-state index in [9.17, 15) is 5.11 Å². The van der Waals surface area contributed by atoms with Crippen molar-refractivity contribution in [2.24, 2.45) is 0 Å². The van der Waals surface area contributed by atoms with Gasteiger partial charge in [-0.2, -0.15) is 0 Å². The van der Waals surface area contributed by atoms with Gasteiger partial charge < -0.3 is 15.7 Å². The average Bonchev–Trinajstić information content (AvgIpc) is 2.39. The van der Waals surface area contributed by atoms with E-state index >= 15 is 0 Å². The van der Waals surface area contributed by atoms with E-state index in [1.807, 2.05) is 6.07 Å². The van der Waals surface area contributed by atoms with Crippen LogP contribution in [-0.4, -0.2) is 24.7 Å². The van der Waals surface area contributed by atoms with Crippen LogP contribution in [0.25, 0.3) is 10.8 Å². The molecule has 0 saturated carbocycles. The van der Waals surface area contributed by atoms with Crippen LogP contribution in [0.5, 0.6) is 5.75 Å². The van der Waals surface area contributed by atoms with E-state index in [-0.39, 0.29) is 0 Å². The Hall–Kier alpha value is -1.58. The van der Waals surface area contributed by atoms with Crippen molar-refractivity contribution < 1.29 is 5.11 Å². The van der Waals surface area contributed by atoms with E-state index in [0.717, 1.165) is 25.0 Å². The monoisotopic (exact) mass is 228 g/mol. The molecule has 0 unspecified atom stereocenters. The van der Waals surface area contributed by atoms with Crippen molar-refractivity contribution in [1.29, 1.82) is 0 Å². The van der Waals surface area contributed by atoms with Gasteiger partial charge in [0.15, 0.2) is 0 Å². The second-order valence-electron chi connectivity index (χ2n) is 4.50. The SMILES string of the molecule is Oc1ccc2cc([C@@H]3CNCCN3)ccc2c1. The van der Waals surface area contributed by atoms with E-state index < -0.39 is 0 Å². The molecule has 1 saturated heterocycles. The number of benzene rings is 2. The Morgan fingerprint density at radius 1 is 1.00 bits per heavy atom. The summed E-state index contributed by atoms with van der Waals surface area (Å²) < 4.78 is 0. The smallest absolute Gasteiger partial charge is 0.116 e. The number of fused-ring (bicyclic) bond motifs is 1. The van der Waals surface area contributed by atoms with E-state index in [1.54, 1.807) is 12.1 Å². The maximum Gasteiger partial charge on any atom is 0.116 e. The van der Waals surface area contributed by atoms with Gasteiger partial charge in [0.05, 0.1) is 0 Å². The number of hydrogen-bond acceptors (Lipinski definition) is 3. The minimum Gasteiger partial charge on any atom is -0.508 e. The van der Waals surface area contributed by atoms with E-state index in [2.05, 4.69) is 28.8 Å². The molecule has 0 aromatic heterocycles. The first-order valence-corrected chi connectivity index (χ1v) is 6.00. The standard InChI is InChI=1S/C14H16N2O/c17-13-4-3-10-7-12(2-1-11(10)8-13)14-9-15-5-6-16-14/h1-4,7-8,14-17H,5-6,9H2/t14-/m0/s1. The van der Waals surface area contributed by atoms with Crippen molar-refractivity contribution in [2.75, 3.05) is 19.6 Å². The van der Waals surface area contributed by atoms with Gasteiger partial charge in [-0.05, 0) is 34.5 Å². The van der Waals surface area contributed by atoms with E-state index in [4.69, 9.17) is 0 Å². The van der Waals surface area contributed by atoms with Gasteiger partial charge in [-0.25, -0.2) is 0 Å². The summed E-state index contributed by atoms with van der Waals surface area (Å²) in [5, 5.41) is 18.6. The van der Waals surface area contributed by atoms with Gasteiger partial charge in [-0.1, -0.05) is 18.2 Å². The van der Waals surface area contributed by atoms with Crippen molar-refractivity contribution in [3.8, 4) is 5.75 Å². The summed E-state index contributed by atoms with van der Waals surface area (Å²) in [6, 6.07) is 12.3. The Morgan fingerprint density at radius 2 is 1.82 bits per heavy atom. The zero-order chi connectivity index (χ0) is 11.7. The molecule has 0 amide bonds. The van der Waals surface area contributed by atoms with Crippen LogP contribution in [0.4, 0.5) is 0 Å². The number of nitrogens with one attached hydrogen (secondary N) is 2. The molecule has 3 rings (SSSR count). The predicted octanol–water partition coefficient (Wildman–Crippen LogP) is 1.78. The maximum absolute atomic E-state index is 9.43. The third kappa shape index (κ3) is 2.12. The summed E-state index contributed by atoms with van der Waals surface area (Å²) in [5.74, 6) is 0.322. The summed E-state index contributed by atoms with van der Waals surface area (Å²) in [4.78, 5) is 0. The van der Waals surface area contributed by atoms with Crippen LogP contribution in [-0.2, 0) is 0 Å². The molecule has 1 fully saturated rings. The molecule has 1 aliphatic heterocycles. The Labute approximate surface area is 100 Å². The molecule has 0 bridgehead atoms. The highest BCUT2D eigenvalue weighted by Crippen LogP contribution is 2.24. The topological polar surface area (TPSA) is 44.3 Å². The molecular formula is C14H16N2O. The van der Waals surface area contributed by atoms with Gasteiger partial charge in [0.25, 0.3) is 0 Å².